The first kappa shape index (κ1) is 14.6. The molecule has 2 rings (SSSR count). The van der Waals surface area contributed by atoms with Crippen LogP contribution in [0.3, 0.4) is 0 Å². The number of anilines is 2. The molecule has 0 aliphatic rings. The van der Waals surface area contributed by atoms with Crippen molar-refractivity contribution in [2.75, 3.05) is 12.4 Å². The summed E-state index contributed by atoms with van der Waals surface area (Å²) in [6.07, 6.45) is 1.80. The highest BCUT2D eigenvalue weighted by Crippen LogP contribution is 2.25. The lowest BCUT2D eigenvalue weighted by molar-refractivity contribution is 0.415. The number of aryl methyl sites for hydroxylation is 1. The van der Waals surface area contributed by atoms with Crippen LogP contribution in [0.15, 0.2) is 24.3 Å². The highest BCUT2D eigenvalue weighted by atomic mass is 35.5. The number of hydrogen-bond donors (Lipinski definition) is 1. The van der Waals surface area contributed by atoms with Crippen LogP contribution in [0.25, 0.3) is 0 Å². The molecule has 0 spiro atoms. The standard InChI is InChI=1S/C15H18ClN3O/c1-4-6-13-18-14(16)10(2)15(19-13)17-11-7-5-8-12(9-11)20-3/h5,7-9H,4,6H2,1-3H3,(H,17,18,19). The first-order valence-corrected chi connectivity index (χ1v) is 6.96. The maximum absolute atomic E-state index is 6.16. The zero-order valence-electron chi connectivity index (χ0n) is 11.9. The van der Waals surface area contributed by atoms with Crippen molar-refractivity contribution < 1.29 is 4.74 Å². The third-order valence-corrected chi connectivity index (χ3v) is 3.31. The molecule has 0 amide bonds. The molecule has 0 fully saturated rings. The summed E-state index contributed by atoms with van der Waals surface area (Å²) in [6.45, 7) is 3.99. The molecule has 2 aromatic rings. The average molecular weight is 292 g/mol. The fourth-order valence-electron chi connectivity index (χ4n) is 1.83. The van der Waals surface area contributed by atoms with Gasteiger partial charge in [-0.3, -0.25) is 0 Å². The Labute approximate surface area is 124 Å². The second kappa shape index (κ2) is 6.57. The highest BCUT2D eigenvalue weighted by molar-refractivity contribution is 6.30. The molecular formula is C15H18ClN3O. The van der Waals surface area contributed by atoms with Gasteiger partial charge in [-0.15, -0.1) is 0 Å². The minimum atomic E-state index is 0.494. The second-order valence-electron chi connectivity index (χ2n) is 4.51. The molecule has 0 aliphatic heterocycles. The third-order valence-electron chi connectivity index (χ3n) is 2.94. The zero-order valence-corrected chi connectivity index (χ0v) is 12.7. The van der Waals surface area contributed by atoms with Gasteiger partial charge in [0.2, 0.25) is 0 Å². The van der Waals surface area contributed by atoms with E-state index in [1.54, 1.807) is 7.11 Å². The molecule has 0 radical (unpaired) electrons. The number of benzene rings is 1. The van der Waals surface area contributed by atoms with Gasteiger partial charge in [-0.05, 0) is 25.5 Å². The van der Waals surface area contributed by atoms with Crippen LogP contribution in [0.1, 0.15) is 24.7 Å². The lowest BCUT2D eigenvalue weighted by Crippen LogP contribution is -2.03. The molecule has 0 saturated heterocycles. The van der Waals surface area contributed by atoms with Crippen LogP contribution in [-0.2, 0) is 6.42 Å². The van der Waals surface area contributed by atoms with Crippen molar-refractivity contribution >= 4 is 23.1 Å². The molecule has 20 heavy (non-hydrogen) atoms. The summed E-state index contributed by atoms with van der Waals surface area (Å²) in [5.74, 6) is 2.29. The van der Waals surface area contributed by atoms with Gasteiger partial charge >= 0.3 is 0 Å². The van der Waals surface area contributed by atoms with Crippen molar-refractivity contribution in [2.24, 2.45) is 0 Å². The van der Waals surface area contributed by atoms with Gasteiger partial charge < -0.3 is 10.1 Å². The summed E-state index contributed by atoms with van der Waals surface area (Å²) >= 11 is 6.16. The van der Waals surface area contributed by atoms with Gasteiger partial charge in [0.25, 0.3) is 0 Å². The summed E-state index contributed by atoms with van der Waals surface area (Å²) in [4.78, 5) is 8.81. The minimum absolute atomic E-state index is 0.494. The monoisotopic (exact) mass is 291 g/mol. The Morgan fingerprint density at radius 2 is 2.10 bits per heavy atom. The van der Waals surface area contributed by atoms with E-state index < -0.39 is 0 Å². The molecule has 1 aromatic heterocycles. The maximum atomic E-state index is 6.16. The third kappa shape index (κ3) is 3.39. The van der Waals surface area contributed by atoms with Crippen molar-refractivity contribution in [1.82, 2.24) is 9.97 Å². The molecule has 5 heteroatoms. The first-order valence-electron chi connectivity index (χ1n) is 6.58. The van der Waals surface area contributed by atoms with Gasteiger partial charge in [-0.2, -0.15) is 0 Å². The molecule has 0 aliphatic carbocycles. The number of rotatable bonds is 5. The SMILES string of the molecule is CCCc1nc(Cl)c(C)c(Nc2cccc(OC)c2)n1. The van der Waals surface area contributed by atoms with Crippen molar-refractivity contribution in [2.45, 2.75) is 26.7 Å². The molecule has 1 aromatic carbocycles. The van der Waals surface area contributed by atoms with E-state index in [0.29, 0.717) is 5.15 Å². The number of aromatic nitrogens is 2. The minimum Gasteiger partial charge on any atom is -0.497 e. The molecule has 0 bridgehead atoms. The zero-order chi connectivity index (χ0) is 14.5. The Hall–Kier alpha value is -1.81. The number of halogens is 1. The summed E-state index contributed by atoms with van der Waals surface area (Å²) < 4.78 is 5.21. The van der Waals surface area contributed by atoms with Crippen LogP contribution in [0.4, 0.5) is 11.5 Å². The Morgan fingerprint density at radius 1 is 1.30 bits per heavy atom. The van der Waals surface area contributed by atoms with E-state index >= 15 is 0 Å². The summed E-state index contributed by atoms with van der Waals surface area (Å²) in [5.41, 5.74) is 1.75. The summed E-state index contributed by atoms with van der Waals surface area (Å²) in [5, 5.41) is 3.77. The number of nitrogens with one attached hydrogen (secondary N) is 1. The Balaban J connectivity index is 2.31. The first-order chi connectivity index (χ1) is 9.63. The predicted octanol–water partition coefficient (Wildman–Crippen LogP) is 4.14. The van der Waals surface area contributed by atoms with Gasteiger partial charge in [0.15, 0.2) is 0 Å². The smallest absolute Gasteiger partial charge is 0.138 e. The summed E-state index contributed by atoms with van der Waals surface area (Å²) in [7, 11) is 1.64. The van der Waals surface area contributed by atoms with Crippen LogP contribution in [0.2, 0.25) is 5.15 Å². The van der Waals surface area contributed by atoms with Crippen LogP contribution in [0.5, 0.6) is 5.75 Å². The molecular weight excluding hydrogens is 274 g/mol. The van der Waals surface area contributed by atoms with E-state index in [2.05, 4.69) is 22.2 Å². The largest absolute Gasteiger partial charge is 0.497 e. The number of methoxy groups -OCH3 is 1. The molecule has 0 saturated carbocycles. The van der Waals surface area contributed by atoms with E-state index in [4.69, 9.17) is 16.3 Å². The Kier molecular flexibility index (Phi) is 4.79. The van der Waals surface area contributed by atoms with Crippen molar-refractivity contribution in [3.8, 4) is 5.75 Å². The normalized spacial score (nSPS) is 10.4. The molecule has 0 unspecified atom stereocenters. The van der Waals surface area contributed by atoms with E-state index in [-0.39, 0.29) is 0 Å². The van der Waals surface area contributed by atoms with Crippen LogP contribution >= 0.6 is 11.6 Å². The van der Waals surface area contributed by atoms with E-state index in [9.17, 15) is 0 Å². The van der Waals surface area contributed by atoms with Gasteiger partial charge in [-0.1, -0.05) is 24.6 Å². The fourth-order valence-corrected chi connectivity index (χ4v) is 2.01. The van der Waals surface area contributed by atoms with Crippen molar-refractivity contribution in [3.05, 3.63) is 40.8 Å². The lowest BCUT2D eigenvalue weighted by atomic mass is 10.2. The van der Waals surface area contributed by atoms with E-state index in [0.717, 1.165) is 41.5 Å². The van der Waals surface area contributed by atoms with Gasteiger partial charge in [0.05, 0.1) is 7.11 Å². The van der Waals surface area contributed by atoms with Crippen molar-refractivity contribution in [3.63, 3.8) is 0 Å². The fraction of sp³-hybridized carbons (Fsp3) is 0.333. The molecule has 0 atom stereocenters. The predicted molar refractivity (Wildman–Crippen MR) is 82.1 cm³/mol. The number of nitrogens with zero attached hydrogens (tertiary/aromatic N) is 2. The molecule has 106 valence electrons. The van der Waals surface area contributed by atoms with Gasteiger partial charge in [0, 0.05) is 23.7 Å². The second-order valence-corrected chi connectivity index (χ2v) is 4.87. The topological polar surface area (TPSA) is 47.0 Å². The molecule has 4 nitrogen and oxygen atoms in total. The van der Waals surface area contributed by atoms with Crippen LogP contribution in [-0.4, -0.2) is 17.1 Å². The van der Waals surface area contributed by atoms with Crippen LogP contribution in [0, 0.1) is 6.92 Å². The number of ether oxygens (including phenoxy) is 1. The van der Waals surface area contributed by atoms with Gasteiger partial charge in [0.1, 0.15) is 22.5 Å². The Morgan fingerprint density at radius 3 is 2.80 bits per heavy atom. The highest BCUT2D eigenvalue weighted by Gasteiger charge is 2.09. The van der Waals surface area contributed by atoms with Crippen molar-refractivity contribution in [1.29, 1.82) is 0 Å². The maximum Gasteiger partial charge on any atom is 0.138 e. The van der Waals surface area contributed by atoms with E-state index in [1.807, 2.05) is 31.2 Å². The summed E-state index contributed by atoms with van der Waals surface area (Å²) in [6, 6.07) is 7.69. The quantitative estimate of drug-likeness (QED) is 0.841. The average Bonchev–Trinajstić information content (AvgIpc) is 2.45. The van der Waals surface area contributed by atoms with Gasteiger partial charge in [-0.25, -0.2) is 9.97 Å². The molecule has 1 N–H and O–H groups in total. The molecule has 1 heterocycles. The Bertz CT molecular complexity index is 602. The lowest BCUT2D eigenvalue weighted by Gasteiger charge is -2.12. The van der Waals surface area contributed by atoms with Crippen LogP contribution < -0.4 is 10.1 Å². The number of hydrogen-bond acceptors (Lipinski definition) is 4. The van der Waals surface area contributed by atoms with E-state index in [1.165, 1.54) is 0 Å².